The normalized spacial score (nSPS) is 16.2. The van der Waals surface area contributed by atoms with Crippen LogP contribution in [0.2, 0.25) is 0 Å². The van der Waals surface area contributed by atoms with Crippen LogP contribution in [0.1, 0.15) is 18.4 Å². The van der Waals surface area contributed by atoms with Crippen molar-refractivity contribution < 1.29 is 0 Å². The van der Waals surface area contributed by atoms with Crippen molar-refractivity contribution in [1.82, 2.24) is 9.78 Å². The van der Waals surface area contributed by atoms with Crippen molar-refractivity contribution in [2.45, 2.75) is 12.8 Å². The zero-order valence-electron chi connectivity index (χ0n) is 7.69. The largest absolute Gasteiger partial charge is 0.354 e. The molecule has 1 aliphatic rings. The molecule has 0 aliphatic carbocycles. The Morgan fingerprint density at radius 3 is 2.77 bits per heavy atom. The van der Waals surface area contributed by atoms with Gasteiger partial charge in [0.2, 0.25) is 0 Å². The van der Waals surface area contributed by atoms with E-state index in [0.717, 1.165) is 18.9 Å². The second-order valence-electron chi connectivity index (χ2n) is 3.35. The third kappa shape index (κ3) is 1.37. The fraction of sp³-hybridized carbons (Fsp3) is 0.556. The van der Waals surface area contributed by atoms with Gasteiger partial charge in [0.15, 0.2) is 5.82 Å². The van der Waals surface area contributed by atoms with Crippen LogP contribution in [0, 0.1) is 11.3 Å². The van der Waals surface area contributed by atoms with Gasteiger partial charge in [-0.2, -0.15) is 10.4 Å². The quantitative estimate of drug-likeness (QED) is 0.638. The molecular formula is C9H12N4. The van der Waals surface area contributed by atoms with Crippen molar-refractivity contribution in [3.8, 4) is 6.07 Å². The molecule has 1 aromatic rings. The van der Waals surface area contributed by atoms with Crippen molar-refractivity contribution in [3.63, 3.8) is 0 Å². The molecule has 4 heteroatoms. The summed E-state index contributed by atoms with van der Waals surface area (Å²) in [6.07, 6.45) is 4.19. The fourth-order valence-corrected chi connectivity index (χ4v) is 1.72. The molecule has 0 atom stereocenters. The Morgan fingerprint density at radius 1 is 1.46 bits per heavy atom. The van der Waals surface area contributed by atoms with Crippen LogP contribution in [0.5, 0.6) is 0 Å². The molecule has 2 heterocycles. The van der Waals surface area contributed by atoms with Crippen LogP contribution in [0.3, 0.4) is 0 Å². The van der Waals surface area contributed by atoms with Gasteiger partial charge in [0.1, 0.15) is 11.6 Å². The van der Waals surface area contributed by atoms with Gasteiger partial charge in [-0.1, -0.05) is 0 Å². The maximum absolute atomic E-state index is 8.86. The van der Waals surface area contributed by atoms with Crippen molar-refractivity contribution in [3.05, 3.63) is 11.8 Å². The molecule has 0 saturated carbocycles. The third-order valence-electron chi connectivity index (χ3n) is 2.34. The van der Waals surface area contributed by atoms with E-state index in [2.05, 4.69) is 16.1 Å². The van der Waals surface area contributed by atoms with Crippen LogP contribution in [-0.4, -0.2) is 22.9 Å². The second-order valence-corrected chi connectivity index (χ2v) is 3.35. The van der Waals surface area contributed by atoms with Gasteiger partial charge in [0, 0.05) is 26.3 Å². The van der Waals surface area contributed by atoms with E-state index in [4.69, 9.17) is 5.26 Å². The second kappa shape index (κ2) is 3.09. The molecule has 13 heavy (non-hydrogen) atoms. The zero-order valence-corrected chi connectivity index (χ0v) is 7.69. The van der Waals surface area contributed by atoms with Gasteiger partial charge in [0.05, 0.1) is 0 Å². The van der Waals surface area contributed by atoms with Crippen molar-refractivity contribution in [2.24, 2.45) is 7.05 Å². The van der Waals surface area contributed by atoms with Gasteiger partial charge in [-0.3, -0.25) is 4.68 Å². The van der Waals surface area contributed by atoms with E-state index in [0.29, 0.717) is 5.56 Å². The fourth-order valence-electron chi connectivity index (χ4n) is 1.72. The predicted molar refractivity (Wildman–Crippen MR) is 49.4 cm³/mol. The topological polar surface area (TPSA) is 44.9 Å². The number of aromatic nitrogens is 2. The lowest BCUT2D eigenvalue weighted by molar-refractivity contribution is 0.755. The molecule has 0 radical (unpaired) electrons. The minimum atomic E-state index is 0.685. The minimum absolute atomic E-state index is 0.685. The Morgan fingerprint density at radius 2 is 2.15 bits per heavy atom. The van der Waals surface area contributed by atoms with E-state index >= 15 is 0 Å². The van der Waals surface area contributed by atoms with Crippen LogP contribution < -0.4 is 4.90 Å². The molecular weight excluding hydrogens is 164 g/mol. The van der Waals surface area contributed by atoms with Gasteiger partial charge in [0.25, 0.3) is 0 Å². The first-order chi connectivity index (χ1) is 6.31. The van der Waals surface area contributed by atoms with Gasteiger partial charge >= 0.3 is 0 Å². The highest BCUT2D eigenvalue weighted by atomic mass is 15.3. The third-order valence-corrected chi connectivity index (χ3v) is 2.34. The van der Waals surface area contributed by atoms with Crippen molar-refractivity contribution >= 4 is 5.82 Å². The highest BCUT2D eigenvalue weighted by molar-refractivity contribution is 5.53. The summed E-state index contributed by atoms with van der Waals surface area (Å²) in [6.45, 7) is 2.07. The van der Waals surface area contributed by atoms with Crippen molar-refractivity contribution in [1.29, 1.82) is 5.26 Å². The van der Waals surface area contributed by atoms with Crippen LogP contribution in [0.15, 0.2) is 6.20 Å². The number of nitriles is 1. The molecule has 1 aromatic heterocycles. The van der Waals surface area contributed by atoms with Gasteiger partial charge in [-0.15, -0.1) is 0 Å². The van der Waals surface area contributed by atoms with Gasteiger partial charge in [-0.05, 0) is 12.8 Å². The standard InChI is InChI=1S/C9H12N4/c1-12-7-8(6-10)9(11-12)13-4-2-3-5-13/h7H,2-5H2,1H3. The highest BCUT2D eigenvalue weighted by Crippen LogP contribution is 2.21. The number of anilines is 1. The molecule has 0 aromatic carbocycles. The maximum atomic E-state index is 8.86. The summed E-state index contributed by atoms with van der Waals surface area (Å²) in [5, 5.41) is 13.1. The Bertz CT molecular complexity index is 341. The highest BCUT2D eigenvalue weighted by Gasteiger charge is 2.18. The summed E-state index contributed by atoms with van der Waals surface area (Å²) in [7, 11) is 1.85. The summed E-state index contributed by atoms with van der Waals surface area (Å²) in [5.74, 6) is 0.850. The average Bonchev–Trinajstić information content (AvgIpc) is 2.71. The number of nitrogens with zero attached hydrogens (tertiary/aromatic N) is 4. The summed E-state index contributed by atoms with van der Waals surface area (Å²) in [4.78, 5) is 2.18. The van der Waals surface area contributed by atoms with Gasteiger partial charge < -0.3 is 4.90 Å². The SMILES string of the molecule is Cn1cc(C#N)c(N2CCCC2)n1. The van der Waals surface area contributed by atoms with E-state index in [1.54, 1.807) is 10.9 Å². The number of hydrogen-bond acceptors (Lipinski definition) is 3. The number of rotatable bonds is 1. The average molecular weight is 176 g/mol. The Hall–Kier alpha value is -1.50. The summed E-state index contributed by atoms with van der Waals surface area (Å²) in [5.41, 5.74) is 0.685. The van der Waals surface area contributed by atoms with E-state index in [1.807, 2.05) is 7.05 Å². The van der Waals surface area contributed by atoms with Crippen LogP contribution in [-0.2, 0) is 7.05 Å². The van der Waals surface area contributed by atoms with E-state index in [1.165, 1.54) is 12.8 Å². The number of hydrogen-bond donors (Lipinski definition) is 0. The molecule has 1 fully saturated rings. The van der Waals surface area contributed by atoms with Crippen LogP contribution in [0.25, 0.3) is 0 Å². The lowest BCUT2D eigenvalue weighted by Crippen LogP contribution is -2.19. The molecule has 4 nitrogen and oxygen atoms in total. The van der Waals surface area contributed by atoms with Gasteiger partial charge in [-0.25, -0.2) is 0 Å². The zero-order chi connectivity index (χ0) is 9.26. The predicted octanol–water partition coefficient (Wildman–Crippen LogP) is 0.892. The molecule has 2 rings (SSSR count). The molecule has 0 bridgehead atoms. The molecule has 0 amide bonds. The first-order valence-corrected chi connectivity index (χ1v) is 4.50. The molecule has 1 saturated heterocycles. The van der Waals surface area contributed by atoms with E-state index < -0.39 is 0 Å². The maximum Gasteiger partial charge on any atom is 0.168 e. The summed E-state index contributed by atoms with van der Waals surface area (Å²) < 4.78 is 1.70. The summed E-state index contributed by atoms with van der Waals surface area (Å²) in [6, 6.07) is 2.17. The first-order valence-electron chi connectivity index (χ1n) is 4.50. The van der Waals surface area contributed by atoms with E-state index in [9.17, 15) is 0 Å². The Balaban J connectivity index is 2.33. The smallest absolute Gasteiger partial charge is 0.168 e. The summed E-state index contributed by atoms with van der Waals surface area (Å²) >= 11 is 0. The molecule has 1 aliphatic heterocycles. The van der Waals surface area contributed by atoms with Crippen LogP contribution >= 0.6 is 0 Å². The lowest BCUT2D eigenvalue weighted by Gasteiger charge is -2.13. The molecule has 0 unspecified atom stereocenters. The monoisotopic (exact) mass is 176 g/mol. The minimum Gasteiger partial charge on any atom is -0.354 e. The Labute approximate surface area is 77.4 Å². The number of aryl methyl sites for hydroxylation is 1. The van der Waals surface area contributed by atoms with Crippen LogP contribution in [0.4, 0.5) is 5.82 Å². The van der Waals surface area contributed by atoms with Crippen molar-refractivity contribution in [2.75, 3.05) is 18.0 Å². The lowest BCUT2D eigenvalue weighted by atomic mass is 10.3. The Kier molecular flexibility index (Phi) is 1.93. The van der Waals surface area contributed by atoms with E-state index in [-0.39, 0.29) is 0 Å². The molecule has 0 spiro atoms. The molecule has 0 N–H and O–H groups in total. The first kappa shape index (κ1) is 8.11. The molecule has 68 valence electrons.